The summed E-state index contributed by atoms with van der Waals surface area (Å²) >= 11 is 0. The number of aromatic nitrogens is 2. The normalized spacial score (nSPS) is 15.1. The van der Waals surface area contributed by atoms with Crippen molar-refractivity contribution in [3.63, 3.8) is 0 Å². The lowest BCUT2D eigenvalue weighted by Gasteiger charge is -2.25. The Bertz CT molecular complexity index is 586. The van der Waals surface area contributed by atoms with E-state index in [-0.39, 0.29) is 0 Å². The summed E-state index contributed by atoms with van der Waals surface area (Å²) < 4.78 is 0. The Morgan fingerprint density at radius 1 is 1.15 bits per heavy atom. The molecule has 0 aliphatic heterocycles. The van der Waals surface area contributed by atoms with Gasteiger partial charge in [-0.1, -0.05) is 44.0 Å². The second-order valence-electron chi connectivity index (χ2n) is 5.59. The number of hydrogen-bond donors (Lipinski definition) is 1. The topological polar surface area (TPSA) is 51.8 Å². The van der Waals surface area contributed by atoms with Crippen molar-refractivity contribution < 1.29 is 0 Å². The van der Waals surface area contributed by atoms with Crippen LogP contribution in [0.3, 0.4) is 0 Å². The fourth-order valence-electron chi connectivity index (χ4n) is 2.83. The fraction of sp³-hybridized carbons (Fsp3) is 0.412. The molecule has 0 saturated heterocycles. The van der Waals surface area contributed by atoms with E-state index >= 15 is 0 Å². The molecule has 1 heterocycles. The summed E-state index contributed by atoms with van der Waals surface area (Å²) in [5.74, 6) is 1.38. The quantitative estimate of drug-likeness (QED) is 0.912. The van der Waals surface area contributed by atoms with Crippen LogP contribution in [0.5, 0.6) is 0 Å². The third kappa shape index (κ3) is 2.40. The van der Waals surface area contributed by atoms with Gasteiger partial charge in [-0.15, -0.1) is 0 Å². The standard InChI is InChI=1S/C17H21N3/c1-2-4-15-16(19-11-20-17(15)18)14-9-7-13(8-10-14)12-5-3-6-12/h7-12H,2-6H2,1H3,(H2,18,19,20). The molecule has 104 valence electrons. The van der Waals surface area contributed by atoms with E-state index in [1.165, 1.54) is 24.8 Å². The molecule has 0 spiro atoms. The molecule has 0 bridgehead atoms. The van der Waals surface area contributed by atoms with Crippen LogP contribution in [0.25, 0.3) is 11.3 Å². The van der Waals surface area contributed by atoms with Gasteiger partial charge in [0.05, 0.1) is 5.69 Å². The monoisotopic (exact) mass is 267 g/mol. The SMILES string of the molecule is CCCc1c(N)ncnc1-c1ccc(C2CCC2)cc1. The van der Waals surface area contributed by atoms with Gasteiger partial charge >= 0.3 is 0 Å². The highest BCUT2D eigenvalue weighted by atomic mass is 14.9. The van der Waals surface area contributed by atoms with Crippen molar-refractivity contribution in [3.8, 4) is 11.3 Å². The minimum Gasteiger partial charge on any atom is -0.383 e. The molecule has 3 rings (SSSR count). The van der Waals surface area contributed by atoms with Gasteiger partial charge in [0, 0.05) is 11.1 Å². The van der Waals surface area contributed by atoms with Gasteiger partial charge in [0.15, 0.2) is 0 Å². The van der Waals surface area contributed by atoms with E-state index in [0.29, 0.717) is 5.82 Å². The fourth-order valence-corrected chi connectivity index (χ4v) is 2.83. The Kier molecular flexibility index (Phi) is 3.68. The molecule has 1 fully saturated rings. The minimum atomic E-state index is 0.611. The molecule has 0 amide bonds. The van der Waals surface area contributed by atoms with E-state index in [0.717, 1.165) is 35.6 Å². The zero-order valence-electron chi connectivity index (χ0n) is 12.0. The molecule has 1 aliphatic carbocycles. The van der Waals surface area contributed by atoms with Gasteiger partial charge in [0.25, 0.3) is 0 Å². The summed E-state index contributed by atoms with van der Waals surface area (Å²) in [6.45, 7) is 2.15. The van der Waals surface area contributed by atoms with Gasteiger partial charge < -0.3 is 5.73 Å². The maximum Gasteiger partial charge on any atom is 0.130 e. The van der Waals surface area contributed by atoms with Crippen molar-refractivity contribution in [2.75, 3.05) is 5.73 Å². The van der Waals surface area contributed by atoms with E-state index in [1.807, 2.05) is 0 Å². The number of benzene rings is 1. The second kappa shape index (κ2) is 5.61. The molecular formula is C17H21N3. The van der Waals surface area contributed by atoms with E-state index in [1.54, 1.807) is 6.33 Å². The summed E-state index contributed by atoms with van der Waals surface area (Å²) in [6.07, 6.45) is 7.57. The average Bonchev–Trinajstić information content (AvgIpc) is 2.40. The molecule has 0 unspecified atom stereocenters. The van der Waals surface area contributed by atoms with Crippen LogP contribution in [0.4, 0.5) is 5.82 Å². The molecule has 0 atom stereocenters. The van der Waals surface area contributed by atoms with Crippen molar-refractivity contribution in [1.29, 1.82) is 0 Å². The Morgan fingerprint density at radius 2 is 1.90 bits per heavy atom. The summed E-state index contributed by atoms with van der Waals surface area (Å²) in [4.78, 5) is 8.56. The largest absolute Gasteiger partial charge is 0.383 e. The van der Waals surface area contributed by atoms with Crippen LogP contribution >= 0.6 is 0 Å². The van der Waals surface area contributed by atoms with E-state index < -0.39 is 0 Å². The molecule has 3 heteroatoms. The molecule has 1 aromatic carbocycles. The highest BCUT2D eigenvalue weighted by Crippen LogP contribution is 2.37. The maximum absolute atomic E-state index is 6.00. The molecule has 0 radical (unpaired) electrons. The highest BCUT2D eigenvalue weighted by molar-refractivity contribution is 5.67. The van der Waals surface area contributed by atoms with Gasteiger partial charge in [-0.25, -0.2) is 9.97 Å². The van der Waals surface area contributed by atoms with Crippen molar-refractivity contribution in [2.24, 2.45) is 0 Å². The van der Waals surface area contributed by atoms with Crippen molar-refractivity contribution in [3.05, 3.63) is 41.7 Å². The first-order chi connectivity index (χ1) is 9.79. The number of nitrogens with two attached hydrogens (primary N) is 1. The first kappa shape index (κ1) is 13.1. The van der Waals surface area contributed by atoms with Crippen LogP contribution in [-0.4, -0.2) is 9.97 Å². The van der Waals surface area contributed by atoms with Gasteiger partial charge in [-0.3, -0.25) is 0 Å². The third-order valence-electron chi connectivity index (χ3n) is 4.24. The summed E-state index contributed by atoms with van der Waals surface area (Å²) in [6, 6.07) is 8.84. The molecule has 1 aromatic heterocycles. The Balaban J connectivity index is 1.93. The molecule has 3 nitrogen and oxygen atoms in total. The van der Waals surface area contributed by atoms with Crippen LogP contribution in [-0.2, 0) is 6.42 Å². The van der Waals surface area contributed by atoms with Gasteiger partial charge in [0.1, 0.15) is 12.1 Å². The number of nitrogens with zero attached hydrogens (tertiary/aromatic N) is 2. The zero-order valence-corrected chi connectivity index (χ0v) is 12.0. The Morgan fingerprint density at radius 3 is 2.50 bits per heavy atom. The average molecular weight is 267 g/mol. The third-order valence-corrected chi connectivity index (χ3v) is 4.24. The number of nitrogen functional groups attached to an aromatic ring is 1. The minimum absolute atomic E-state index is 0.611. The van der Waals surface area contributed by atoms with E-state index in [4.69, 9.17) is 5.73 Å². The number of anilines is 1. The Hall–Kier alpha value is -1.90. The smallest absolute Gasteiger partial charge is 0.130 e. The van der Waals surface area contributed by atoms with Crippen molar-refractivity contribution in [1.82, 2.24) is 9.97 Å². The molecule has 1 aliphatic rings. The van der Waals surface area contributed by atoms with Crippen molar-refractivity contribution >= 4 is 5.82 Å². The second-order valence-corrected chi connectivity index (χ2v) is 5.59. The Labute approximate surface area is 120 Å². The summed E-state index contributed by atoms with van der Waals surface area (Å²) in [5, 5.41) is 0. The molecule has 2 N–H and O–H groups in total. The van der Waals surface area contributed by atoms with Crippen LogP contribution in [0.2, 0.25) is 0 Å². The summed E-state index contributed by atoms with van der Waals surface area (Å²) in [5.41, 5.74) is 10.7. The van der Waals surface area contributed by atoms with Gasteiger partial charge in [-0.05, 0) is 30.7 Å². The van der Waals surface area contributed by atoms with Gasteiger partial charge in [0.2, 0.25) is 0 Å². The lowest BCUT2D eigenvalue weighted by molar-refractivity contribution is 0.420. The van der Waals surface area contributed by atoms with Crippen LogP contribution in [0, 0.1) is 0 Å². The lowest BCUT2D eigenvalue weighted by atomic mass is 9.80. The van der Waals surface area contributed by atoms with Crippen molar-refractivity contribution in [2.45, 2.75) is 44.9 Å². The number of rotatable bonds is 4. The molecule has 2 aromatic rings. The molecular weight excluding hydrogens is 246 g/mol. The van der Waals surface area contributed by atoms with Crippen LogP contribution in [0.15, 0.2) is 30.6 Å². The number of hydrogen-bond acceptors (Lipinski definition) is 3. The van der Waals surface area contributed by atoms with Crippen LogP contribution in [0.1, 0.15) is 49.7 Å². The lowest BCUT2D eigenvalue weighted by Crippen LogP contribution is -2.08. The first-order valence-corrected chi connectivity index (χ1v) is 7.49. The first-order valence-electron chi connectivity index (χ1n) is 7.49. The highest BCUT2D eigenvalue weighted by Gasteiger charge is 2.19. The molecule has 1 saturated carbocycles. The van der Waals surface area contributed by atoms with Gasteiger partial charge in [-0.2, -0.15) is 0 Å². The summed E-state index contributed by atoms with van der Waals surface area (Å²) in [7, 11) is 0. The zero-order chi connectivity index (χ0) is 13.9. The maximum atomic E-state index is 6.00. The van der Waals surface area contributed by atoms with E-state index in [2.05, 4.69) is 41.2 Å². The predicted octanol–water partition coefficient (Wildman–Crippen LogP) is 3.95. The van der Waals surface area contributed by atoms with E-state index in [9.17, 15) is 0 Å². The predicted molar refractivity (Wildman–Crippen MR) is 82.5 cm³/mol. The van der Waals surface area contributed by atoms with Crippen LogP contribution < -0.4 is 5.73 Å². The molecule has 20 heavy (non-hydrogen) atoms.